The van der Waals surface area contributed by atoms with Crippen LogP contribution >= 0.6 is 11.3 Å². The lowest BCUT2D eigenvalue weighted by atomic mass is 9.95. The molecule has 4 rings (SSSR count). The van der Waals surface area contributed by atoms with Gasteiger partial charge in [-0.25, -0.2) is 4.98 Å². The van der Waals surface area contributed by atoms with Gasteiger partial charge in [-0.1, -0.05) is 29.8 Å². The van der Waals surface area contributed by atoms with Gasteiger partial charge in [0.25, 0.3) is 11.5 Å². The van der Waals surface area contributed by atoms with Crippen LogP contribution in [0, 0.1) is 30.9 Å². The summed E-state index contributed by atoms with van der Waals surface area (Å²) in [5, 5.41) is 22.5. The SMILES string of the molecule is Cc1ccc(/C(O)=C2\C(=O)C(=O)N(c3nc(C)c(C)s3)[C@@H]2c2ccc([N+](=O)[O-])cc2)cc1. The third kappa shape index (κ3) is 3.56. The largest absolute Gasteiger partial charge is 0.507 e. The number of hydrogen-bond donors (Lipinski definition) is 1. The number of Topliss-reactive ketones (excluding diaryl/α,β-unsaturated/α-hetero) is 1. The van der Waals surface area contributed by atoms with E-state index < -0.39 is 22.7 Å². The van der Waals surface area contributed by atoms with E-state index in [-0.39, 0.29) is 17.0 Å². The molecule has 0 saturated carbocycles. The first-order valence-electron chi connectivity index (χ1n) is 9.75. The minimum atomic E-state index is -0.970. The van der Waals surface area contributed by atoms with Gasteiger partial charge in [0.2, 0.25) is 0 Å². The number of rotatable bonds is 4. The quantitative estimate of drug-likeness (QED) is 0.205. The number of nitro groups is 1. The fourth-order valence-electron chi connectivity index (χ4n) is 3.55. The summed E-state index contributed by atoms with van der Waals surface area (Å²) in [4.78, 5) is 43.3. The number of amides is 1. The van der Waals surface area contributed by atoms with Gasteiger partial charge < -0.3 is 5.11 Å². The molecular weight excluding hydrogens is 430 g/mol. The van der Waals surface area contributed by atoms with Crippen LogP contribution in [0.25, 0.3) is 5.76 Å². The van der Waals surface area contributed by atoms with E-state index in [1.54, 1.807) is 31.2 Å². The number of carbonyl (C=O) groups is 2. The molecule has 1 aromatic heterocycles. The zero-order valence-electron chi connectivity index (χ0n) is 17.5. The molecule has 1 aliphatic heterocycles. The van der Waals surface area contributed by atoms with Crippen molar-refractivity contribution in [1.29, 1.82) is 0 Å². The molecule has 1 atom stereocenters. The van der Waals surface area contributed by atoms with Crippen molar-refractivity contribution in [2.75, 3.05) is 4.90 Å². The Hall–Kier alpha value is -3.85. The van der Waals surface area contributed by atoms with Crippen LogP contribution < -0.4 is 4.90 Å². The summed E-state index contributed by atoms with van der Waals surface area (Å²) < 4.78 is 0. The summed E-state index contributed by atoms with van der Waals surface area (Å²) in [6, 6.07) is 11.5. The first-order chi connectivity index (χ1) is 15.2. The Morgan fingerprint density at radius 1 is 1.06 bits per heavy atom. The van der Waals surface area contributed by atoms with Crippen molar-refractivity contribution in [3.8, 4) is 0 Å². The molecular formula is C23H19N3O5S. The molecule has 1 amide bonds. The molecule has 0 bridgehead atoms. The number of aliphatic hydroxyl groups excluding tert-OH is 1. The average molecular weight is 449 g/mol. The van der Waals surface area contributed by atoms with Crippen LogP contribution in [0.3, 0.4) is 0 Å². The first kappa shape index (κ1) is 21.4. The van der Waals surface area contributed by atoms with E-state index in [4.69, 9.17) is 0 Å². The molecule has 1 aliphatic rings. The highest BCUT2D eigenvalue weighted by Gasteiger charge is 2.48. The van der Waals surface area contributed by atoms with Gasteiger partial charge in [0.1, 0.15) is 5.76 Å². The maximum absolute atomic E-state index is 13.1. The molecule has 9 heteroatoms. The molecule has 3 aromatic rings. The maximum Gasteiger partial charge on any atom is 0.301 e. The fraction of sp³-hybridized carbons (Fsp3) is 0.174. The monoisotopic (exact) mass is 449 g/mol. The number of nitrogens with zero attached hydrogens (tertiary/aromatic N) is 3. The summed E-state index contributed by atoms with van der Waals surface area (Å²) in [6.45, 7) is 5.56. The van der Waals surface area contributed by atoms with Crippen molar-refractivity contribution in [2.45, 2.75) is 26.8 Å². The van der Waals surface area contributed by atoms with Gasteiger partial charge in [0.15, 0.2) is 5.13 Å². The zero-order valence-corrected chi connectivity index (χ0v) is 18.3. The molecule has 2 heterocycles. The van der Waals surface area contributed by atoms with E-state index >= 15 is 0 Å². The summed E-state index contributed by atoms with van der Waals surface area (Å²) in [5.74, 6) is -1.95. The normalized spacial score (nSPS) is 17.7. The van der Waals surface area contributed by atoms with Crippen molar-refractivity contribution >= 4 is 39.6 Å². The minimum absolute atomic E-state index is 0.0850. The number of benzene rings is 2. The van der Waals surface area contributed by atoms with Gasteiger partial charge in [-0.15, -0.1) is 11.3 Å². The third-order valence-corrected chi connectivity index (χ3v) is 6.48. The first-order valence-corrected chi connectivity index (χ1v) is 10.6. The van der Waals surface area contributed by atoms with E-state index in [0.29, 0.717) is 16.3 Å². The molecule has 1 fully saturated rings. The summed E-state index contributed by atoms with van der Waals surface area (Å²) >= 11 is 1.26. The fourth-order valence-corrected chi connectivity index (χ4v) is 4.49. The van der Waals surface area contributed by atoms with Gasteiger partial charge in [-0.2, -0.15) is 0 Å². The summed E-state index contributed by atoms with van der Waals surface area (Å²) in [5.41, 5.74) is 2.35. The lowest BCUT2D eigenvalue weighted by Crippen LogP contribution is -2.29. The van der Waals surface area contributed by atoms with E-state index in [0.717, 1.165) is 16.1 Å². The van der Waals surface area contributed by atoms with E-state index in [1.165, 1.54) is 40.5 Å². The second-order valence-corrected chi connectivity index (χ2v) is 8.70. The Morgan fingerprint density at radius 3 is 2.22 bits per heavy atom. The molecule has 0 unspecified atom stereocenters. The molecule has 0 aliphatic carbocycles. The van der Waals surface area contributed by atoms with Crippen LogP contribution in [-0.4, -0.2) is 26.7 Å². The van der Waals surface area contributed by atoms with Crippen LogP contribution in [0.4, 0.5) is 10.8 Å². The van der Waals surface area contributed by atoms with E-state index in [9.17, 15) is 24.8 Å². The van der Waals surface area contributed by atoms with Gasteiger partial charge in [0, 0.05) is 22.6 Å². The van der Waals surface area contributed by atoms with Gasteiger partial charge in [-0.05, 0) is 38.5 Å². The number of thiazole rings is 1. The van der Waals surface area contributed by atoms with Crippen LogP contribution in [0.1, 0.15) is 33.3 Å². The lowest BCUT2D eigenvalue weighted by Gasteiger charge is -2.23. The topological polar surface area (TPSA) is 114 Å². The number of carbonyl (C=O) groups excluding carboxylic acids is 2. The van der Waals surface area contributed by atoms with Crippen LogP contribution in [0.2, 0.25) is 0 Å². The minimum Gasteiger partial charge on any atom is -0.507 e. The van der Waals surface area contributed by atoms with E-state index in [1.807, 2.05) is 13.8 Å². The number of aliphatic hydroxyl groups is 1. The number of aromatic nitrogens is 1. The van der Waals surface area contributed by atoms with Crippen LogP contribution in [-0.2, 0) is 9.59 Å². The van der Waals surface area contributed by atoms with E-state index in [2.05, 4.69) is 4.98 Å². The predicted octanol–water partition coefficient (Wildman–Crippen LogP) is 4.60. The van der Waals surface area contributed by atoms with Crippen molar-refractivity contribution < 1.29 is 19.6 Å². The van der Waals surface area contributed by atoms with Crippen molar-refractivity contribution in [2.24, 2.45) is 0 Å². The smallest absolute Gasteiger partial charge is 0.301 e. The van der Waals surface area contributed by atoms with Crippen molar-refractivity contribution in [1.82, 2.24) is 4.98 Å². The lowest BCUT2D eigenvalue weighted by molar-refractivity contribution is -0.384. The number of aryl methyl sites for hydroxylation is 3. The zero-order chi connectivity index (χ0) is 23.2. The summed E-state index contributed by atoms with van der Waals surface area (Å²) in [6.07, 6.45) is 0. The molecule has 32 heavy (non-hydrogen) atoms. The standard InChI is InChI=1S/C23H19N3O5S/c1-12-4-6-16(7-5-12)20(27)18-19(15-8-10-17(11-9-15)26(30)31)25(22(29)21(18)28)23-24-13(2)14(3)32-23/h4-11,19,27H,1-3H3/b20-18+/t19-/m1/s1. The maximum atomic E-state index is 13.1. The Kier molecular flexibility index (Phi) is 5.35. The van der Waals surface area contributed by atoms with Crippen LogP contribution in [0.5, 0.6) is 0 Å². The van der Waals surface area contributed by atoms with Crippen LogP contribution in [0.15, 0.2) is 54.1 Å². The third-order valence-electron chi connectivity index (χ3n) is 5.41. The molecule has 1 saturated heterocycles. The number of hydrogen-bond acceptors (Lipinski definition) is 7. The van der Waals surface area contributed by atoms with Gasteiger partial charge >= 0.3 is 5.91 Å². The number of anilines is 1. The number of non-ortho nitro benzene ring substituents is 1. The van der Waals surface area contributed by atoms with Gasteiger partial charge in [0.05, 0.1) is 22.2 Å². The molecule has 1 N–H and O–H groups in total. The average Bonchev–Trinajstić information content (AvgIpc) is 3.23. The summed E-state index contributed by atoms with van der Waals surface area (Å²) in [7, 11) is 0. The molecule has 0 radical (unpaired) electrons. The molecule has 8 nitrogen and oxygen atoms in total. The Labute approximate surface area is 187 Å². The molecule has 162 valence electrons. The highest BCUT2D eigenvalue weighted by atomic mass is 32.1. The Balaban J connectivity index is 1.93. The number of nitro benzene ring substituents is 1. The highest BCUT2D eigenvalue weighted by molar-refractivity contribution is 7.16. The van der Waals surface area contributed by atoms with Crippen molar-refractivity contribution in [3.05, 3.63) is 91.5 Å². The Bertz CT molecular complexity index is 1260. The number of ketones is 1. The van der Waals surface area contributed by atoms with Gasteiger partial charge in [-0.3, -0.25) is 24.6 Å². The van der Waals surface area contributed by atoms with Crippen molar-refractivity contribution in [3.63, 3.8) is 0 Å². The highest BCUT2D eigenvalue weighted by Crippen LogP contribution is 2.44. The predicted molar refractivity (Wildman–Crippen MR) is 121 cm³/mol. The Morgan fingerprint density at radius 2 is 1.69 bits per heavy atom. The second-order valence-electron chi connectivity index (χ2n) is 7.52. The molecule has 0 spiro atoms. The molecule has 2 aromatic carbocycles. The second kappa shape index (κ2) is 8.01.